The molecule has 1 N–H and O–H groups in total. The summed E-state index contributed by atoms with van der Waals surface area (Å²) in [4.78, 5) is 11.3. The molecular formula is C14H27NO. The third-order valence-corrected chi connectivity index (χ3v) is 2.43. The van der Waals surface area contributed by atoms with Crippen molar-refractivity contribution in [1.82, 2.24) is 5.32 Å². The molecule has 16 heavy (non-hydrogen) atoms. The molecule has 0 saturated heterocycles. The first-order valence-corrected chi connectivity index (χ1v) is 6.61. The molecule has 0 saturated carbocycles. The van der Waals surface area contributed by atoms with E-state index in [1.54, 1.807) is 6.08 Å². The number of hydrogen-bond acceptors (Lipinski definition) is 1. The van der Waals surface area contributed by atoms with Crippen LogP contribution in [0.15, 0.2) is 12.2 Å². The largest absolute Gasteiger partial charge is 0.352 e. The van der Waals surface area contributed by atoms with Crippen molar-refractivity contribution in [3.8, 4) is 0 Å². The average molecular weight is 225 g/mol. The van der Waals surface area contributed by atoms with Crippen LogP contribution in [0.2, 0.25) is 0 Å². The van der Waals surface area contributed by atoms with Gasteiger partial charge in [-0.05, 0) is 24.8 Å². The van der Waals surface area contributed by atoms with Gasteiger partial charge < -0.3 is 5.32 Å². The number of amides is 1. The Morgan fingerprint density at radius 3 is 2.50 bits per heavy atom. The summed E-state index contributed by atoms with van der Waals surface area (Å²) in [6.07, 6.45) is 11.1. The molecular weight excluding hydrogens is 198 g/mol. The smallest absolute Gasteiger partial charge is 0.243 e. The van der Waals surface area contributed by atoms with E-state index in [0.717, 1.165) is 13.0 Å². The van der Waals surface area contributed by atoms with Crippen LogP contribution in [0.1, 0.15) is 59.3 Å². The van der Waals surface area contributed by atoms with Gasteiger partial charge in [0.05, 0.1) is 0 Å². The molecule has 0 radical (unpaired) electrons. The second-order valence-electron chi connectivity index (χ2n) is 4.74. The zero-order valence-corrected chi connectivity index (χ0v) is 11.1. The fraction of sp³-hybridized carbons (Fsp3) is 0.786. The maximum atomic E-state index is 11.3. The molecule has 0 aliphatic heterocycles. The quantitative estimate of drug-likeness (QED) is 0.471. The lowest BCUT2D eigenvalue weighted by Gasteiger charge is -2.04. The van der Waals surface area contributed by atoms with Crippen LogP contribution in [0.25, 0.3) is 0 Å². The highest BCUT2D eigenvalue weighted by Crippen LogP contribution is 2.05. The van der Waals surface area contributed by atoms with Crippen molar-refractivity contribution in [2.75, 3.05) is 6.54 Å². The van der Waals surface area contributed by atoms with Crippen LogP contribution in [0.4, 0.5) is 0 Å². The Bertz CT molecular complexity index is 197. The number of rotatable bonds is 9. The number of unbranched alkanes of at least 4 members (excludes halogenated alkanes) is 5. The van der Waals surface area contributed by atoms with Gasteiger partial charge in [-0.1, -0.05) is 52.5 Å². The molecule has 1 amide bonds. The predicted octanol–water partition coefficient (Wildman–Crippen LogP) is 3.68. The Labute approximate surface area is 101 Å². The molecule has 0 spiro atoms. The van der Waals surface area contributed by atoms with Gasteiger partial charge in [0, 0.05) is 6.54 Å². The lowest BCUT2D eigenvalue weighted by atomic mass is 10.1. The third kappa shape index (κ3) is 11.3. The van der Waals surface area contributed by atoms with Crippen LogP contribution in [-0.2, 0) is 4.79 Å². The summed E-state index contributed by atoms with van der Waals surface area (Å²) < 4.78 is 0. The van der Waals surface area contributed by atoms with Gasteiger partial charge in [0.2, 0.25) is 5.91 Å². The van der Waals surface area contributed by atoms with Gasteiger partial charge in [0.15, 0.2) is 0 Å². The molecule has 0 atom stereocenters. The average Bonchev–Trinajstić information content (AvgIpc) is 2.25. The zero-order chi connectivity index (χ0) is 12.2. The SMILES string of the molecule is CCCCCCC/C=C\C(=O)NCC(C)C. The van der Waals surface area contributed by atoms with Gasteiger partial charge in [-0.25, -0.2) is 0 Å². The maximum absolute atomic E-state index is 11.3. The molecule has 0 unspecified atom stereocenters. The van der Waals surface area contributed by atoms with E-state index in [1.807, 2.05) is 6.08 Å². The molecule has 0 aliphatic rings. The Hall–Kier alpha value is -0.790. The van der Waals surface area contributed by atoms with E-state index in [0.29, 0.717) is 5.92 Å². The lowest BCUT2D eigenvalue weighted by Crippen LogP contribution is -2.25. The Balaban J connectivity index is 3.35. The summed E-state index contributed by atoms with van der Waals surface area (Å²) in [7, 11) is 0. The molecule has 0 aromatic heterocycles. The van der Waals surface area contributed by atoms with E-state index >= 15 is 0 Å². The van der Waals surface area contributed by atoms with Crippen molar-refractivity contribution < 1.29 is 4.79 Å². The molecule has 0 rings (SSSR count). The molecule has 0 heterocycles. The minimum absolute atomic E-state index is 0.0438. The van der Waals surface area contributed by atoms with Crippen molar-refractivity contribution in [2.45, 2.75) is 59.3 Å². The first-order valence-electron chi connectivity index (χ1n) is 6.61. The summed E-state index contributed by atoms with van der Waals surface area (Å²) in [6, 6.07) is 0. The highest BCUT2D eigenvalue weighted by atomic mass is 16.1. The molecule has 0 bridgehead atoms. The molecule has 0 fully saturated rings. The predicted molar refractivity (Wildman–Crippen MR) is 70.4 cm³/mol. The van der Waals surface area contributed by atoms with Crippen LogP contribution >= 0.6 is 0 Å². The minimum atomic E-state index is 0.0438. The van der Waals surface area contributed by atoms with Crippen molar-refractivity contribution in [3.63, 3.8) is 0 Å². The van der Waals surface area contributed by atoms with Crippen LogP contribution in [-0.4, -0.2) is 12.5 Å². The van der Waals surface area contributed by atoms with Gasteiger partial charge in [0.1, 0.15) is 0 Å². The standard InChI is InChI=1S/C14H27NO/c1-4-5-6-7-8-9-10-11-14(16)15-12-13(2)3/h10-11,13H,4-9,12H2,1-3H3,(H,15,16)/b11-10-. The van der Waals surface area contributed by atoms with Gasteiger partial charge >= 0.3 is 0 Å². The molecule has 2 heteroatoms. The first-order chi connectivity index (χ1) is 7.66. The van der Waals surface area contributed by atoms with Crippen molar-refractivity contribution in [3.05, 3.63) is 12.2 Å². The number of nitrogens with one attached hydrogen (secondary N) is 1. The van der Waals surface area contributed by atoms with E-state index < -0.39 is 0 Å². The molecule has 0 aromatic carbocycles. The van der Waals surface area contributed by atoms with E-state index in [9.17, 15) is 4.79 Å². The van der Waals surface area contributed by atoms with Crippen molar-refractivity contribution >= 4 is 5.91 Å². The van der Waals surface area contributed by atoms with Crippen LogP contribution in [0.3, 0.4) is 0 Å². The minimum Gasteiger partial charge on any atom is -0.352 e. The van der Waals surface area contributed by atoms with Crippen LogP contribution in [0.5, 0.6) is 0 Å². The summed E-state index contributed by atoms with van der Waals surface area (Å²) in [5.74, 6) is 0.564. The topological polar surface area (TPSA) is 29.1 Å². The fourth-order valence-electron chi connectivity index (χ4n) is 1.42. The summed E-state index contributed by atoms with van der Waals surface area (Å²) in [5.41, 5.74) is 0. The van der Waals surface area contributed by atoms with Gasteiger partial charge in [-0.2, -0.15) is 0 Å². The Morgan fingerprint density at radius 1 is 1.19 bits per heavy atom. The number of carbonyl (C=O) groups excluding carboxylic acids is 1. The zero-order valence-electron chi connectivity index (χ0n) is 11.1. The second kappa shape index (κ2) is 10.7. The van der Waals surface area contributed by atoms with E-state index in [2.05, 4.69) is 26.1 Å². The van der Waals surface area contributed by atoms with Gasteiger partial charge in [0.25, 0.3) is 0 Å². The monoisotopic (exact) mass is 225 g/mol. The third-order valence-electron chi connectivity index (χ3n) is 2.43. The van der Waals surface area contributed by atoms with E-state index in [1.165, 1.54) is 32.1 Å². The molecule has 2 nitrogen and oxygen atoms in total. The van der Waals surface area contributed by atoms with E-state index in [4.69, 9.17) is 0 Å². The van der Waals surface area contributed by atoms with Crippen LogP contribution < -0.4 is 5.32 Å². The van der Waals surface area contributed by atoms with Gasteiger partial charge in [-0.3, -0.25) is 4.79 Å². The highest BCUT2D eigenvalue weighted by Gasteiger charge is 1.96. The fourth-order valence-corrected chi connectivity index (χ4v) is 1.42. The summed E-state index contributed by atoms with van der Waals surface area (Å²) in [6.45, 7) is 7.17. The lowest BCUT2D eigenvalue weighted by molar-refractivity contribution is -0.116. The number of carbonyl (C=O) groups is 1. The highest BCUT2D eigenvalue weighted by molar-refractivity contribution is 5.87. The maximum Gasteiger partial charge on any atom is 0.243 e. The molecule has 0 aromatic rings. The molecule has 0 aliphatic carbocycles. The van der Waals surface area contributed by atoms with Crippen LogP contribution in [0, 0.1) is 5.92 Å². The molecule has 94 valence electrons. The Morgan fingerprint density at radius 2 is 1.88 bits per heavy atom. The summed E-state index contributed by atoms with van der Waals surface area (Å²) >= 11 is 0. The normalized spacial score (nSPS) is 11.2. The number of allylic oxidation sites excluding steroid dienone is 1. The first kappa shape index (κ1) is 15.2. The van der Waals surface area contributed by atoms with Gasteiger partial charge in [-0.15, -0.1) is 0 Å². The van der Waals surface area contributed by atoms with E-state index in [-0.39, 0.29) is 5.91 Å². The Kier molecular flexibility index (Phi) is 10.2. The summed E-state index contributed by atoms with van der Waals surface area (Å²) in [5, 5.41) is 2.87. The number of hydrogen-bond donors (Lipinski definition) is 1. The second-order valence-corrected chi connectivity index (χ2v) is 4.74. The van der Waals surface area contributed by atoms with Crippen molar-refractivity contribution in [2.24, 2.45) is 5.92 Å². The van der Waals surface area contributed by atoms with Crippen molar-refractivity contribution in [1.29, 1.82) is 0 Å².